The number of hydrogen-bond donors (Lipinski definition) is 1. The van der Waals surface area contributed by atoms with E-state index in [2.05, 4.69) is 5.32 Å². The Labute approximate surface area is 135 Å². The largest absolute Gasteiger partial charge is 0.462 e. The third-order valence-electron chi connectivity index (χ3n) is 4.48. The minimum absolute atomic E-state index is 0.0221. The summed E-state index contributed by atoms with van der Waals surface area (Å²) in [7, 11) is 0. The number of para-hydroxylation sites is 1. The van der Waals surface area contributed by atoms with Crippen LogP contribution in [0, 0.1) is 6.92 Å². The van der Waals surface area contributed by atoms with E-state index in [0.717, 1.165) is 36.7 Å². The van der Waals surface area contributed by atoms with Crippen molar-refractivity contribution in [2.24, 2.45) is 0 Å². The van der Waals surface area contributed by atoms with E-state index in [9.17, 15) is 4.79 Å². The Morgan fingerprint density at radius 1 is 1.26 bits per heavy atom. The predicted molar refractivity (Wildman–Crippen MR) is 86.3 cm³/mol. The Bertz CT molecular complexity index is 719. The molecule has 5 nitrogen and oxygen atoms in total. The number of rotatable bonds is 3. The molecule has 5 heteroatoms. The molecule has 2 unspecified atom stereocenters. The number of carbonyl (C=O) groups is 1. The van der Waals surface area contributed by atoms with Crippen LogP contribution in [0.1, 0.15) is 40.9 Å². The Kier molecular flexibility index (Phi) is 3.58. The first-order valence-electron chi connectivity index (χ1n) is 8.07. The molecular weight excluding hydrogens is 292 g/mol. The third-order valence-corrected chi connectivity index (χ3v) is 4.48. The van der Waals surface area contributed by atoms with Gasteiger partial charge in [0.2, 0.25) is 0 Å². The summed E-state index contributed by atoms with van der Waals surface area (Å²) < 4.78 is 11.5. The average Bonchev–Trinajstić information content (AvgIpc) is 3.21. The van der Waals surface area contributed by atoms with Crippen LogP contribution in [0.2, 0.25) is 0 Å². The van der Waals surface area contributed by atoms with Crippen molar-refractivity contribution in [2.45, 2.75) is 32.0 Å². The highest BCUT2D eigenvalue weighted by Crippen LogP contribution is 2.34. The molecule has 1 aromatic carbocycles. The van der Waals surface area contributed by atoms with Crippen LogP contribution in [0.15, 0.2) is 40.8 Å². The first-order chi connectivity index (χ1) is 11.2. The quantitative estimate of drug-likeness (QED) is 0.944. The first-order valence-corrected chi connectivity index (χ1v) is 8.07. The molecule has 1 amide bonds. The minimum atomic E-state index is -0.296. The monoisotopic (exact) mass is 312 g/mol. The van der Waals surface area contributed by atoms with E-state index in [4.69, 9.17) is 9.15 Å². The summed E-state index contributed by atoms with van der Waals surface area (Å²) in [6.45, 7) is 3.26. The molecule has 1 N–H and O–H groups in total. The number of furan rings is 1. The predicted octanol–water partition coefficient (Wildman–Crippen LogP) is 3.33. The Balaban J connectivity index is 1.70. The number of nitrogens with one attached hydrogen (secondary N) is 1. The van der Waals surface area contributed by atoms with Crippen LogP contribution in [-0.2, 0) is 4.74 Å². The van der Waals surface area contributed by atoms with Gasteiger partial charge >= 0.3 is 0 Å². The van der Waals surface area contributed by atoms with Crippen LogP contribution in [0.25, 0.3) is 0 Å². The lowest BCUT2D eigenvalue weighted by Crippen LogP contribution is -2.46. The van der Waals surface area contributed by atoms with Gasteiger partial charge in [0, 0.05) is 18.8 Å². The molecule has 0 saturated carbocycles. The molecule has 4 rings (SSSR count). The summed E-state index contributed by atoms with van der Waals surface area (Å²) in [6.07, 6.45) is 1.86. The highest BCUT2D eigenvalue weighted by molar-refractivity contribution is 6.01. The van der Waals surface area contributed by atoms with E-state index in [0.29, 0.717) is 12.1 Å². The number of carbonyl (C=O) groups excluding carboxylic acids is 1. The van der Waals surface area contributed by atoms with Gasteiger partial charge in [0.15, 0.2) is 6.17 Å². The second-order valence-corrected chi connectivity index (χ2v) is 6.13. The van der Waals surface area contributed by atoms with Crippen LogP contribution in [0.5, 0.6) is 0 Å². The van der Waals surface area contributed by atoms with Crippen molar-refractivity contribution in [2.75, 3.05) is 18.5 Å². The van der Waals surface area contributed by atoms with Gasteiger partial charge in [0.25, 0.3) is 5.91 Å². The van der Waals surface area contributed by atoms with Gasteiger partial charge in [-0.1, -0.05) is 12.1 Å². The molecule has 2 atom stereocenters. The van der Waals surface area contributed by atoms with E-state index in [1.807, 2.05) is 48.2 Å². The summed E-state index contributed by atoms with van der Waals surface area (Å²) in [5.74, 6) is 1.61. The maximum atomic E-state index is 13.0. The lowest BCUT2D eigenvalue weighted by atomic mass is 10.1. The third kappa shape index (κ3) is 2.61. The Hall–Kier alpha value is -2.27. The molecule has 2 aliphatic rings. The molecule has 1 saturated heterocycles. The van der Waals surface area contributed by atoms with Gasteiger partial charge in [-0.25, -0.2) is 0 Å². The topological polar surface area (TPSA) is 54.7 Å². The number of anilines is 1. The van der Waals surface area contributed by atoms with Crippen LogP contribution in [0.4, 0.5) is 5.69 Å². The number of fused-ring (bicyclic) bond motifs is 1. The van der Waals surface area contributed by atoms with Gasteiger partial charge < -0.3 is 19.4 Å². The van der Waals surface area contributed by atoms with Crippen LogP contribution < -0.4 is 5.32 Å². The standard InChI is InChI=1S/C18H20N2O3/c1-12-8-9-16(23-12)17-19-15-7-3-2-6-14(15)18(21)20(17)11-13-5-4-10-22-13/h2-3,6-9,13,17,19H,4-5,10-11H2,1H3. The van der Waals surface area contributed by atoms with Crippen LogP contribution in [-0.4, -0.2) is 30.1 Å². The lowest BCUT2D eigenvalue weighted by Gasteiger charge is -2.37. The molecule has 0 bridgehead atoms. The highest BCUT2D eigenvalue weighted by Gasteiger charge is 2.36. The van der Waals surface area contributed by atoms with Gasteiger partial charge in [-0.05, 0) is 44.0 Å². The summed E-state index contributed by atoms with van der Waals surface area (Å²) in [5.41, 5.74) is 1.55. The Morgan fingerprint density at radius 2 is 2.13 bits per heavy atom. The van der Waals surface area contributed by atoms with Gasteiger partial charge in [0.1, 0.15) is 11.5 Å². The summed E-state index contributed by atoms with van der Waals surface area (Å²) in [5, 5.41) is 3.44. The van der Waals surface area contributed by atoms with Gasteiger partial charge in [-0.3, -0.25) is 4.79 Å². The SMILES string of the molecule is Cc1ccc(C2Nc3ccccc3C(=O)N2CC2CCCO2)o1. The van der Waals surface area contributed by atoms with Crippen LogP contribution >= 0.6 is 0 Å². The van der Waals surface area contributed by atoms with Crippen molar-refractivity contribution >= 4 is 11.6 Å². The van der Waals surface area contributed by atoms with Gasteiger partial charge in [-0.15, -0.1) is 0 Å². The maximum absolute atomic E-state index is 13.0. The average molecular weight is 312 g/mol. The molecule has 1 fully saturated rings. The maximum Gasteiger partial charge on any atom is 0.258 e. The molecule has 3 heterocycles. The zero-order valence-corrected chi connectivity index (χ0v) is 13.1. The second-order valence-electron chi connectivity index (χ2n) is 6.13. The van der Waals surface area contributed by atoms with E-state index < -0.39 is 0 Å². The molecule has 1 aromatic heterocycles. The highest BCUT2D eigenvalue weighted by atomic mass is 16.5. The van der Waals surface area contributed by atoms with Crippen molar-refractivity contribution < 1.29 is 13.9 Å². The molecule has 23 heavy (non-hydrogen) atoms. The zero-order valence-electron chi connectivity index (χ0n) is 13.1. The van der Waals surface area contributed by atoms with Crippen molar-refractivity contribution in [1.29, 1.82) is 0 Å². The number of hydrogen-bond acceptors (Lipinski definition) is 4. The van der Waals surface area contributed by atoms with E-state index in [-0.39, 0.29) is 18.2 Å². The summed E-state index contributed by atoms with van der Waals surface area (Å²) in [6, 6.07) is 11.5. The number of nitrogens with zero attached hydrogens (tertiary/aromatic N) is 1. The smallest absolute Gasteiger partial charge is 0.258 e. The van der Waals surface area contributed by atoms with Gasteiger partial charge in [0.05, 0.1) is 11.7 Å². The van der Waals surface area contributed by atoms with Gasteiger partial charge in [-0.2, -0.15) is 0 Å². The number of amides is 1. The Morgan fingerprint density at radius 3 is 2.87 bits per heavy atom. The molecule has 2 aliphatic heterocycles. The lowest BCUT2D eigenvalue weighted by molar-refractivity contribution is 0.0401. The summed E-state index contributed by atoms with van der Waals surface area (Å²) >= 11 is 0. The summed E-state index contributed by atoms with van der Waals surface area (Å²) in [4.78, 5) is 14.8. The fourth-order valence-corrected chi connectivity index (χ4v) is 3.31. The number of ether oxygens (including phenoxy) is 1. The van der Waals surface area contributed by atoms with Crippen molar-refractivity contribution in [3.8, 4) is 0 Å². The number of aryl methyl sites for hydroxylation is 1. The fraction of sp³-hybridized carbons (Fsp3) is 0.389. The molecule has 0 radical (unpaired) electrons. The zero-order chi connectivity index (χ0) is 15.8. The normalized spacial score (nSPS) is 23.7. The molecule has 0 aliphatic carbocycles. The van der Waals surface area contributed by atoms with E-state index in [1.54, 1.807) is 0 Å². The fourth-order valence-electron chi connectivity index (χ4n) is 3.31. The molecule has 0 spiro atoms. The number of benzene rings is 1. The van der Waals surface area contributed by atoms with E-state index >= 15 is 0 Å². The molecule has 2 aromatic rings. The van der Waals surface area contributed by atoms with E-state index in [1.165, 1.54) is 0 Å². The molecule has 120 valence electrons. The van der Waals surface area contributed by atoms with Crippen molar-refractivity contribution in [3.05, 3.63) is 53.5 Å². The first kappa shape index (κ1) is 14.3. The minimum Gasteiger partial charge on any atom is -0.462 e. The van der Waals surface area contributed by atoms with Crippen LogP contribution in [0.3, 0.4) is 0 Å². The van der Waals surface area contributed by atoms with Crippen molar-refractivity contribution in [3.63, 3.8) is 0 Å². The molecular formula is C18H20N2O3. The van der Waals surface area contributed by atoms with Crippen molar-refractivity contribution in [1.82, 2.24) is 4.90 Å². The second kappa shape index (κ2) is 5.74.